The van der Waals surface area contributed by atoms with Crippen LogP contribution in [0.1, 0.15) is 35.3 Å². The molecule has 0 radical (unpaired) electrons. The third-order valence-corrected chi connectivity index (χ3v) is 5.10. The molecule has 0 spiro atoms. The van der Waals surface area contributed by atoms with E-state index in [0.717, 1.165) is 43.7 Å². The molecule has 3 aromatic rings. The Balaban J connectivity index is 1.51. The molecule has 4 nitrogen and oxygen atoms in total. The summed E-state index contributed by atoms with van der Waals surface area (Å²) in [7, 11) is 0. The number of rotatable bonds is 5. The first-order valence-corrected chi connectivity index (χ1v) is 9.54. The van der Waals surface area contributed by atoms with Crippen LogP contribution < -0.4 is 5.56 Å². The number of H-pyrrole nitrogens is 1. The van der Waals surface area contributed by atoms with E-state index in [0.29, 0.717) is 6.54 Å². The first-order valence-electron chi connectivity index (χ1n) is 9.54. The number of nitrogens with zero attached hydrogens (tertiary/aromatic N) is 1. The molecule has 4 rings (SSSR count). The van der Waals surface area contributed by atoms with E-state index in [1.165, 1.54) is 16.7 Å². The Morgan fingerprint density at radius 3 is 2.37 bits per heavy atom. The molecule has 0 fully saturated rings. The second-order valence-corrected chi connectivity index (χ2v) is 6.95. The Hall–Kier alpha value is -2.85. The zero-order chi connectivity index (χ0) is 18.5. The van der Waals surface area contributed by atoms with Crippen LogP contribution in [0.25, 0.3) is 5.57 Å². The van der Waals surface area contributed by atoms with Crippen molar-refractivity contribution in [3.8, 4) is 0 Å². The fourth-order valence-electron chi connectivity index (χ4n) is 3.71. The SMILES string of the molecule is O=c1[nH]oc2c1CN(CCC=C(c1ccccc1)c1ccccc1)CCC2. The average Bonchev–Trinajstić information content (AvgIpc) is 2.93. The van der Waals surface area contributed by atoms with Crippen molar-refractivity contribution >= 4 is 5.57 Å². The highest BCUT2D eigenvalue weighted by Gasteiger charge is 2.20. The zero-order valence-electron chi connectivity index (χ0n) is 15.4. The number of aromatic nitrogens is 1. The molecule has 1 aliphatic heterocycles. The predicted octanol–water partition coefficient (Wildman–Crippen LogP) is 4.24. The molecular weight excluding hydrogens is 336 g/mol. The van der Waals surface area contributed by atoms with E-state index in [2.05, 4.69) is 64.7 Å². The minimum Gasteiger partial charge on any atom is -0.383 e. The summed E-state index contributed by atoms with van der Waals surface area (Å²) in [4.78, 5) is 14.3. The first kappa shape index (κ1) is 17.6. The Kier molecular flexibility index (Phi) is 5.35. The van der Waals surface area contributed by atoms with Crippen LogP contribution in [0.15, 0.2) is 76.1 Å². The van der Waals surface area contributed by atoms with Gasteiger partial charge in [-0.15, -0.1) is 0 Å². The van der Waals surface area contributed by atoms with Crippen molar-refractivity contribution in [1.82, 2.24) is 10.1 Å². The Bertz CT molecular complexity index is 913. The van der Waals surface area contributed by atoms with Gasteiger partial charge in [0.15, 0.2) is 0 Å². The maximum absolute atomic E-state index is 11.9. The quantitative estimate of drug-likeness (QED) is 0.740. The summed E-state index contributed by atoms with van der Waals surface area (Å²) in [5.41, 5.74) is 4.43. The molecule has 1 aromatic heterocycles. The summed E-state index contributed by atoms with van der Waals surface area (Å²) in [5.74, 6) is 0.826. The molecule has 0 amide bonds. The molecule has 2 aromatic carbocycles. The van der Waals surface area contributed by atoms with Gasteiger partial charge in [-0.05, 0) is 36.1 Å². The molecule has 0 unspecified atom stereocenters. The standard InChI is InChI=1S/C23H24N2O2/c26-23-21-17-25(16-8-14-22(21)27-24-23)15-7-13-20(18-9-3-1-4-10-18)19-11-5-2-6-12-19/h1-6,9-13H,7-8,14-17H2,(H,24,26). The highest BCUT2D eigenvalue weighted by Crippen LogP contribution is 2.24. The molecule has 0 atom stereocenters. The number of hydrogen-bond donors (Lipinski definition) is 1. The third-order valence-electron chi connectivity index (χ3n) is 5.10. The fraction of sp³-hybridized carbons (Fsp3) is 0.261. The molecule has 1 N–H and O–H groups in total. The summed E-state index contributed by atoms with van der Waals surface area (Å²) in [6.45, 7) is 2.58. The van der Waals surface area contributed by atoms with Gasteiger partial charge in [0.1, 0.15) is 5.76 Å². The number of nitrogens with one attached hydrogen (secondary N) is 1. The Morgan fingerprint density at radius 1 is 1.04 bits per heavy atom. The number of hydrogen-bond acceptors (Lipinski definition) is 3. The van der Waals surface area contributed by atoms with E-state index in [9.17, 15) is 4.79 Å². The van der Waals surface area contributed by atoms with Gasteiger partial charge >= 0.3 is 0 Å². The summed E-state index contributed by atoms with van der Waals surface area (Å²) in [5, 5.41) is 2.48. The van der Waals surface area contributed by atoms with Gasteiger partial charge in [0.2, 0.25) is 0 Å². The topological polar surface area (TPSA) is 49.2 Å². The molecule has 0 aliphatic carbocycles. The van der Waals surface area contributed by atoms with Gasteiger partial charge in [-0.2, -0.15) is 5.16 Å². The van der Waals surface area contributed by atoms with Gasteiger partial charge < -0.3 is 4.52 Å². The third kappa shape index (κ3) is 4.12. The van der Waals surface area contributed by atoms with Crippen molar-refractivity contribution in [3.05, 3.63) is 99.5 Å². The zero-order valence-corrected chi connectivity index (χ0v) is 15.4. The lowest BCUT2D eigenvalue weighted by Crippen LogP contribution is -2.26. The Morgan fingerprint density at radius 2 is 1.70 bits per heavy atom. The summed E-state index contributed by atoms with van der Waals surface area (Å²) >= 11 is 0. The van der Waals surface area contributed by atoms with E-state index >= 15 is 0 Å². The van der Waals surface area contributed by atoms with Crippen LogP contribution in [0.3, 0.4) is 0 Å². The molecule has 0 bridgehead atoms. The number of fused-ring (bicyclic) bond motifs is 1. The maximum atomic E-state index is 11.9. The molecule has 0 saturated heterocycles. The van der Waals surface area contributed by atoms with E-state index in [4.69, 9.17) is 4.52 Å². The second kappa shape index (κ2) is 8.23. The van der Waals surface area contributed by atoms with E-state index in [-0.39, 0.29) is 5.56 Å². The Labute approximate surface area is 159 Å². The molecular formula is C23H24N2O2. The first-order chi connectivity index (χ1) is 13.3. The van der Waals surface area contributed by atoms with Gasteiger partial charge in [0.05, 0.1) is 5.56 Å². The van der Waals surface area contributed by atoms with Crippen LogP contribution in [0.5, 0.6) is 0 Å². The largest absolute Gasteiger partial charge is 0.383 e. The highest BCUT2D eigenvalue weighted by molar-refractivity contribution is 5.79. The lowest BCUT2D eigenvalue weighted by atomic mass is 9.97. The van der Waals surface area contributed by atoms with Gasteiger partial charge in [0, 0.05) is 19.5 Å². The summed E-state index contributed by atoms with van der Waals surface area (Å²) in [6.07, 6.45) is 5.10. The molecule has 1 aliphatic rings. The van der Waals surface area contributed by atoms with Crippen molar-refractivity contribution < 1.29 is 4.52 Å². The van der Waals surface area contributed by atoms with Crippen molar-refractivity contribution in [2.24, 2.45) is 0 Å². The molecule has 0 saturated carbocycles. The van der Waals surface area contributed by atoms with Crippen molar-refractivity contribution in [2.75, 3.05) is 13.1 Å². The van der Waals surface area contributed by atoms with Crippen molar-refractivity contribution in [3.63, 3.8) is 0 Å². The van der Waals surface area contributed by atoms with Crippen LogP contribution >= 0.6 is 0 Å². The summed E-state index contributed by atoms with van der Waals surface area (Å²) in [6, 6.07) is 21.0. The van der Waals surface area contributed by atoms with Crippen LogP contribution in [0, 0.1) is 0 Å². The normalized spacial score (nSPS) is 14.4. The minimum absolute atomic E-state index is 0.0818. The number of benzene rings is 2. The van der Waals surface area contributed by atoms with Gasteiger partial charge in [-0.3, -0.25) is 9.69 Å². The lowest BCUT2D eigenvalue weighted by molar-refractivity contribution is 0.273. The van der Waals surface area contributed by atoms with Gasteiger partial charge in [-0.1, -0.05) is 66.7 Å². The fourth-order valence-corrected chi connectivity index (χ4v) is 3.71. The van der Waals surface area contributed by atoms with E-state index in [1.807, 2.05) is 12.1 Å². The predicted molar refractivity (Wildman–Crippen MR) is 108 cm³/mol. The van der Waals surface area contributed by atoms with E-state index < -0.39 is 0 Å². The smallest absolute Gasteiger partial charge is 0.284 e. The molecule has 27 heavy (non-hydrogen) atoms. The highest BCUT2D eigenvalue weighted by atomic mass is 16.5. The number of aryl methyl sites for hydroxylation is 1. The molecule has 138 valence electrons. The van der Waals surface area contributed by atoms with E-state index in [1.54, 1.807) is 0 Å². The van der Waals surface area contributed by atoms with Crippen LogP contribution in [0.2, 0.25) is 0 Å². The minimum atomic E-state index is -0.0818. The molecule has 2 heterocycles. The number of aromatic amines is 1. The molecule has 4 heteroatoms. The average molecular weight is 360 g/mol. The van der Waals surface area contributed by atoms with Crippen molar-refractivity contribution in [1.29, 1.82) is 0 Å². The lowest BCUT2D eigenvalue weighted by Gasteiger charge is -2.19. The van der Waals surface area contributed by atoms with Gasteiger partial charge in [-0.25, -0.2) is 0 Å². The second-order valence-electron chi connectivity index (χ2n) is 6.95. The van der Waals surface area contributed by atoms with Gasteiger partial charge in [0.25, 0.3) is 5.56 Å². The van der Waals surface area contributed by atoms with Crippen molar-refractivity contribution in [2.45, 2.75) is 25.8 Å². The van der Waals surface area contributed by atoms with Crippen LogP contribution in [-0.2, 0) is 13.0 Å². The maximum Gasteiger partial charge on any atom is 0.284 e. The summed E-state index contributed by atoms with van der Waals surface area (Å²) < 4.78 is 5.30. The monoisotopic (exact) mass is 360 g/mol. The van der Waals surface area contributed by atoms with Crippen LogP contribution in [-0.4, -0.2) is 23.1 Å². The van der Waals surface area contributed by atoms with Crippen LogP contribution in [0.4, 0.5) is 0 Å².